The summed E-state index contributed by atoms with van der Waals surface area (Å²) in [6, 6.07) is 8.43. The molecule has 0 spiro atoms. The van der Waals surface area contributed by atoms with Crippen molar-refractivity contribution < 1.29 is 4.74 Å². The molecule has 1 atom stereocenters. The van der Waals surface area contributed by atoms with Gasteiger partial charge in [-0.15, -0.1) is 0 Å². The van der Waals surface area contributed by atoms with Gasteiger partial charge in [-0.1, -0.05) is 29.8 Å². The molecule has 3 heteroatoms. The number of nitrogens with two attached hydrogens (primary N) is 1. The minimum atomic E-state index is 0.134. The molecule has 1 saturated heterocycles. The van der Waals surface area contributed by atoms with E-state index in [1.807, 2.05) is 5.01 Å². The smallest absolute Gasteiger partial charge is 0.0966 e. The van der Waals surface area contributed by atoms with Gasteiger partial charge in [0.15, 0.2) is 0 Å². The number of rotatable bonds is 1. The first-order valence-corrected chi connectivity index (χ1v) is 4.93. The summed E-state index contributed by atoms with van der Waals surface area (Å²) in [6.07, 6.45) is 0.134. The van der Waals surface area contributed by atoms with Crippen LogP contribution in [0.15, 0.2) is 24.3 Å². The van der Waals surface area contributed by atoms with E-state index in [1.54, 1.807) is 0 Å². The Hall–Kier alpha value is -0.900. The lowest BCUT2D eigenvalue weighted by molar-refractivity contribution is -0.0304. The molecule has 2 rings (SSSR count). The topological polar surface area (TPSA) is 38.5 Å². The molecule has 1 fully saturated rings. The Bertz CT molecular complexity index is 297. The average Bonchev–Trinajstić information content (AvgIpc) is 2.19. The Balaban J connectivity index is 2.10. The highest BCUT2D eigenvalue weighted by Crippen LogP contribution is 2.20. The van der Waals surface area contributed by atoms with Crippen LogP contribution in [0.3, 0.4) is 0 Å². The number of aryl methyl sites for hydroxylation is 1. The van der Waals surface area contributed by atoms with Crippen molar-refractivity contribution in [3.05, 3.63) is 35.4 Å². The average molecular weight is 192 g/mol. The fourth-order valence-corrected chi connectivity index (χ4v) is 1.65. The number of hydrogen-bond donors (Lipinski definition) is 1. The molecule has 0 aliphatic carbocycles. The standard InChI is InChI=1S/C11H16N2O/c1-9-2-4-10(5-3-9)11-8-13(12)6-7-14-11/h2-5,11H,6-8,12H2,1H3. The third-order valence-corrected chi connectivity index (χ3v) is 2.55. The predicted molar refractivity (Wildman–Crippen MR) is 55.6 cm³/mol. The number of hydrogen-bond acceptors (Lipinski definition) is 3. The molecule has 14 heavy (non-hydrogen) atoms. The second-order valence-corrected chi connectivity index (χ2v) is 3.77. The Kier molecular flexibility index (Phi) is 2.82. The van der Waals surface area contributed by atoms with Crippen molar-refractivity contribution in [2.24, 2.45) is 5.84 Å². The minimum absolute atomic E-state index is 0.134. The molecule has 2 N–H and O–H groups in total. The van der Waals surface area contributed by atoms with Gasteiger partial charge in [-0.25, -0.2) is 5.01 Å². The Morgan fingerprint density at radius 1 is 1.36 bits per heavy atom. The number of morpholine rings is 1. The summed E-state index contributed by atoms with van der Waals surface area (Å²) in [7, 11) is 0. The van der Waals surface area contributed by atoms with Crippen LogP contribution in [-0.4, -0.2) is 24.7 Å². The lowest BCUT2D eigenvalue weighted by Gasteiger charge is -2.29. The summed E-state index contributed by atoms with van der Waals surface area (Å²) in [5.41, 5.74) is 2.49. The van der Waals surface area contributed by atoms with Crippen LogP contribution < -0.4 is 5.84 Å². The zero-order chi connectivity index (χ0) is 9.97. The zero-order valence-electron chi connectivity index (χ0n) is 8.44. The predicted octanol–water partition coefficient (Wildman–Crippen LogP) is 1.24. The van der Waals surface area contributed by atoms with Gasteiger partial charge in [0.25, 0.3) is 0 Å². The highest BCUT2D eigenvalue weighted by molar-refractivity contribution is 5.23. The molecule has 0 saturated carbocycles. The van der Waals surface area contributed by atoms with Crippen LogP contribution >= 0.6 is 0 Å². The maximum absolute atomic E-state index is 5.75. The number of nitrogens with zero attached hydrogens (tertiary/aromatic N) is 1. The Morgan fingerprint density at radius 3 is 2.71 bits per heavy atom. The second kappa shape index (κ2) is 4.09. The molecule has 1 heterocycles. The first-order valence-electron chi connectivity index (χ1n) is 4.93. The first kappa shape index (κ1) is 9.65. The Morgan fingerprint density at radius 2 is 2.07 bits per heavy atom. The molecule has 1 aliphatic heterocycles. The largest absolute Gasteiger partial charge is 0.371 e. The quantitative estimate of drug-likeness (QED) is 0.680. The second-order valence-electron chi connectivity index (χ2n) is 3.77. The number of benzene rings is 1. The molecule has 0 bridgehead atoms. The maximum atomic E-state index is 5.75. The van der Waals surface area contributed by atoms with Crippen molar-refractivity contribution in [1.82, 2.24) is 5.01 Å². The van der Waals surface area contributed by atoms with Crippen LogP contribution in [0, 0.1) is 6.92 Å². The highest BCUT2D eigenvalue weighted by Gasteiger charge is 2.19. The van der Waals surface area contributed by atoms with E-state index < -0.39 is 0 Å². The summed E-state index contributed by atoms with van der Waals surface area (Å²) < 4.78 is 5.65. The molecule has 76 valence electrons. The van der Waals surface area contributed by atoms with Crippen molar-refractivity contribution in [2.75, 3.05) is 19.7 Å². The van der Waals surface area contributed by atoms with E-state index in [1.165, 1.54) is 11.1 Å². The van der Waals surface area contributed by atoms with Gasteiger partial charge in [-0.3, -0.25) is 5.84 Å². The SMILES string of the molecule is Cc1ccc(C2CN(N)CCO2)cc1. The Labute approximate surface area is 84.4 Å². The molecular weight excluding hydrogens is 176 g/mol. The minimum Gasteiger partial charge on any atom is -0.371 e. The third-order valence-electron chi connectivity index (χ3n) is 2.55. The lowest BCUT2D eigenvalue weighted by atomic mass is 10.1. The van der Waals surface area contributed by atoms with Gasteiger partial charge < -0.3 is 4.74 Å². The zero-order valence-corrected chi connectivity index (χ0v) is 8.44. The van der Waals surface area contributed by atoms with Crippen LogP contribution in [0.5, 0.6) is 0 Å². The maximum Gasteiger partial charge on any atom is 0.0966 e. The molecule has 0 aromatic heterocycles. The summed E-state index contributed by atoms with van der Waals surface area (Å²) in [4.78, 5) is 0. The van der Waals surface area contributed by atoms with Gasteiger partial charge in [0.2, 0.25) is 0 Å². The van der Waals surface area contributed by atoms with Crippen LogP contribution in [0.1, 0.15) is 17.2 Å². The monoisotopic (exact) mass is 192 g/mol. The number of ether oxygens (including phenoxy) is 1. The molecule has 1 unspecified atom stereocenters. The van der Waals surface area contributed by atoms with Crippen molar-refractivity contribution in [2.45, 2.75) is 13.0 Å². The van der Waals surface area contributed by atoms with E-state index in [4.69, 9.17) is 10.6 Å². The van der Waals surface area contributed by atoms with Gasteiger partial charge in [0.1, 0.15) is 0 Å². The summed E-state index contributed by atoms with van der Waals surface area (Å²) >= 11 is 0. The summed E-state index contributed by atoms with van der Waals surface area (Å²) in [5, 5.41) is 1.81. The van der Waals surface area contributed by atoms with Crippen molar-refractivity contribution in [3.63, 3.8) is 0 Å². The summed E-state index contributed by atoms with van der Waals surface area (Å²) in [6.45, 7) is 4.40. The molecule has 0 radical (unpaired) electrons. The number of hydrazine groups is 1. The van der Waals surface area contributed by atoms with Gasteiger partial charge in [0, 0.05) is 13.1 Å². The van der Waals surface area contributed by atoms with E-state index >= 15 is 0 Å². The van der Waals surface area contributed by atoms with E-state index in [0.717, 1.165) is 19.7 Å². The normalized spacial score (nSPS) is 23.7. The molecule has 1 aliphatic rings. The fraction of sp³-hybridized carbons (Fsp3) is 0.455. The fourth-order valence-electron chi connectivity index (χ4n) is 1.65. The molecule has 3 nitrogen and oxygen atoms in total. The van der Waals surface area contributed by atoms with E-state index in [2.05, 4.69) is 31.2 Å². The van der Waals surface area contributed by atoms with E-state index in [0.29, 0.717) is 0 Å². The van der Waals surface area contributed by atoms with E-state index in [9.17, 15) is 0 Å². The van der Waals surface area contributed by atoms with Gasteiger partial charge in [-0.05, 0) is 12.5 Å². The van der Waals surface area contributed by atoms with Crippen LogP contribution in [0.4, 0.5) is 0 Å². The van der Waals surface area contributed by atoms with Crippen LogP contribution in [0.25, 0.3) is 0 Å². The first-order chi connectivity index (χ1) is 6.75. The van der Waals surface area contributed by atoms with Gasteiger partial charge in [-0.2, -0.15) is 0 Å². The highest BCUT2D eigenvalue weighted by atomic mass is 16.5. The van der Waals surface area contributed by atoms with Crippen molar-refractivity contribution in [1.29, 1.82) is 0 Å². The van der Waals surface area contributed by atoms with Gasteiger partial charge >= 0.3 is 0 Å². The van der Waals surface area contributed by atoms with Crippen LogP contribution in [-0.2, 0) is 4.74 Å². The summed E-state index contributed by atoms with van der Waals surface area (Å²) in [5.74, 6) is 5.75. The molecule has 1 aromatic carbocycles. The van der Waals surface area contributed by atoms with Crippen molar-refractivity contribution in [3.8, 4) is 0 Å². The molecule has 0 amide bonds. The van der Waals surface area contributed by atoms with Crippen LogP contribution in [0.2, 0.25) is 0 Å². The molecule has 1 aromatic rings. The lowest BCUT2D eigenvalue weighted by Crippen LogP contribution is -2.42. The van der Waals surface area contributed by atoms with E-state index in [-0.39, 0.29) is 6.10 Å². The third kappa shape index (κ3) is 2.12. The van der Waals surface area contributed by atoms with Gasteiger partial charge in [0.05, 0.1) is 12.7 Å². The van der Waals surface area contributed by atoms with Crippen molar-refractivity contribution >= 4 is 0 Å². The molecular formula is C11H16N2O.